The van der Waals surface area contributed by atoms with Gasteiger partial charge in [-0.1, -0.05) is 6.07 Å². The zero-order valence-electron chi connectivity index (χ0n) is 10.5. The molecular weight excluding hydrogens is 224 g/mol. The monoisotopic (exact) mass is 242 g/mol. The Balaban J connectivity index is 1.50. The molecule has 1 aromatic heterocycles. The average Bonchev–Trinajstić information content (AvgIpc) is 3.16. The second kappa shape index (κ2) is 4.95. The van der Waals surface area contributed by atoms with Crippen LogP contribution in [-0.2, 0) is 0 Å². The largest absolute Gasteiger partial charge is 0.370 e. The lowest BCUT2D eigenvalue weighted by Gasteiger charge is -2.15. The summed E-state index contributed by atoms with van der Waals surface area (Å²) in [6.07, 6.45) is 4.07. The number of nitrogens with zero attached hydrogens (tertiary/aromatic N) is 3. The summed E-state index contributed by atoms with van der Waals surface area (Å²) in [5.41, 5.74) is 0.478. The van der Waals surface area contributed by atoms with Crippen molar-refractivity contribution in [3.8, 4) is 6.07 Å². The summed E-state index contributed by atoms with van der Waals surface area (Å²) in [6.45, 7) is 3.43. The van der Waals surface area contributed by atoms with Crippen molar-refractivity contribution in [2.24, 2.45) is 5.92 Å². The van der Waals surface area contributed by atoms with Crippen molar-refractivity contribution in [2.75, 3.05) is 25.0 Å². The third-order valence-electron chi connectivity index (χ3n) is 3.82. The number of anilines is 1. The maximum absolute atomic E-state index is 8.80. The van der Waals surface area contributed by atoms with E-state index in [0.717, 1.165) is 24.3 Å². The Morgan fingerprint density at radius 1 is 1.39 bits per heavy atom. The molecule has 0 spiro atoms. The van der Waals surface area contributed by atoms with Crippen molar-refractivity contribution in [3.05, 3.63) is 23.9 Å². The van der Waals surface area contributed by atoms with Gasteiger partial charge in [-0.3, -0.25) is 0 Å². The zero-order valence-corrected chi connectivity index (χ0v) is 10.5. The summed E-state index contributed by atoms with van der Waals surface area (Å²) >= 11 is 0. The van der Waals surface area contributed by atoms with Gasteiger partial charge in [-0.25, -0.2) is 4.98 Å². The lowest BCUT2D eigenvalue weighted by molar-refractivity contribution is 0.316. The molecule has 1 atom stereocenters. The zero-order chi connectivity index (χ0) is 12.4. The second-order valence-corrected chi connectivity index (χ2v) is 5.28. The van der Waals surface area contributed by atoms with Crippen LogP contribution in [0.1, 0.15) is 25.0 Å². The Kier molecular flexibility index (Phi) is 3.16. The molecule has 0 bridgehead atoms. The first-order chi connectivity index (χ1) is 8.85. The number of rotatable bonds is 4. The van der Waals surface area contributed by atoms with Gasteiger partial charge < -0.3 is 10.2 Å². The van der Waals surface area contributed by atoms with Crippen LogP contribution in [0.3, 0.4) is 0 Å². The molecule has 1 aliphatic carbocycles. The van der Waals surface area contributed by atoms with E-state index in [4.69, 9.17) is 5.26 Å². The third-order valence-corrected chi connectivity index (χ3v) is 3.82. The number of nitriles is 1. The van der Waals surface area contributed by atoms with Crippen LogP contribution in [0.2, 0.25) is 0 Å². The van der Waals surface area contributed by atoms with Gasteiger partial charge in [0.05, 0.1) is 0 Å². The molecule has 1 saturated carbocycles. The molecule has 2 fully saturated rings. The predicted octanol–water partition coefficient (Wildman–Crippen LogP) is 1.85. The van der Waals surface area contributed by atoms with Crippen LogP contribution in [-0.4, -0.2) is 35.6 Å². The minimum atomic E-state index is 0.478. The predicted molar refractivity (Wildman–Crippen MR) is 70.1 cm³/mol. The molecule has 0 radical (unpaired) electrons. The van der Waals surface area contributed by atoms with E-state index in [1.54, 1.807) is 6.07 Å². The van der Waals surface area contributed by atoms with Crippen LogP contribution in [0.4, 0.5) is 5.82 Å². The maximum atomic E-state index is 8.80. The van der Waals surface area contributed by atoms with E-state index in [0.29, 0.717) is 5.69 Å². The van der Waals surface area contributed by atoms with Gasteiger partial charge >= 0.3 is 0 Å². The van der Waals surface area contributed by atoms with Crippen molar-refractivity contribution in [2.45, 2.75) is 25.3 Å². The van der Waals surface area contributed by atoms with Crippen molar-refractivity contribution < 1.29 is 0 Å². The standard InChI is InChI=1S/C14H18N4/c15-8-12-2-1-3-14(17-12)16-9-11-6-7-18(10-11)13-4-5-13/h1-3,11,13H,4-7,9-10H2,(H,16,17). The Morgan fingerprint density at radius 2 is 2.28 bits per heavy atom. The number of nitrogens with one attached hydrogen (secondary N) is 1. The van der Waals surface area contributed by atoms with Crippen molar-refractivity contribution >= 4 is 5.82 Å². The first-order valence-corrected chi connectivity index (χ1v) is 6.70. The first-order valence-electron chi connectivity index (χ1n) is 6.70. The Hall–Kier alpha value is -1.60. The molecule has 4 nitrogen and oxygen atoms in total. The number of hydrogen-bond acceptors (Lipinski definition) is 4. The Bertz CT molecular complexity index is 461. The summed E-state index contributed by atoms with van der Waals surface area (Å²) in [5.74, 6) is 1.54. The quantitative estimate of drug-likeness (QED) is 0.875. The molecule has 2 aliphatic rings. The second-order valence-electron chi connectivity index (χ2n) is 5.28. The SMILES string of the molecule is N#Cc1cccc(NCC2CCN(C3CC3)C2)n1. The minimum Gasteiger partial charge on any atom is -0.370 e. The number of hydrogen-bond donors (Lipinski definition) is 1. The number of aromatic nitrogens is 1. The van der Waals surface area contributed by atoms with Gasteiger partial charge in [-0.05, 0) is 43.9 Å². The topological polar surface area (TPSA) is 52.0 Å². The molecule has 1 aromatic rings. The minimum absolute atomic E-state index is 0.478. The third kappa shape index (κ3) is 2.62. The number of pyridine rings is 1. The highest BCUT2D eigenvalue weighted by atomic mass is 15.2. The molecule has 1 saturated heterocycles. The van der Waals surface area contributed by atoms with Crippen LogP contribution >= 0.6 is 0 Å². The smallest absolute Gasteiger partial charge is 0.142 e. The van der Waals surface area contributed by atoms with Gasteiger partial charge in [0.1, 0.15) is 17.6 Å². The summed E-state index contributed by atoms with van der Waals surface area (Å²) in [4.78, 5) is 6.85. The lowest BCUT2D eigenvalue weighted by Crippen LogP contribution is -2.24. The summed E-state index contributed by atoms with van der Waals surface area (Å²) in [5, 5.41) is 12.1. The van der Waals surface area contributed by atoms with E-state index < -0.39 is 0 Å². The van der Waals surface area contributed by atoms with E-state index >= 15 is 0 Å². The van der Waals surface area contributed by atoms with Gasteiger partial charge in [0.25, 0.3) is 0 Å². The van der Waals surface area contributed by atoms with E-state index in [1.807, 2.05) is 12.1 Å². The van der Waals surface area contributed by atoms with Gasteiger partial charge in [-0.15, -0.1) is 0 Å². The molecule has 3 rings (SSSR count). The van der Waals surface area contributed by atoms with Gasteiger partial charge in [-0.2, -0.15) is 5.26 Å². The van der Waals surface area contributed by atoms with Crippen LogP contribution in [0.15, 0.2) is 18.2 Å². The van der Waals surface area contributed by atoms with Crippen molar-refractivity contribution in [1.29, 1.82) is 5.26 Å². The van der Waals surface area contributed by atoms with Crippen LogP contribution in [0.5, 0.6) is 0 Å². The molecule has 4 heteroatoms. The fraction of sp³-hybridized carbons (Fsp3) is 0.571. The molecule has 1 unspecified atom stereocenters. The molecule has 2 heterocycles. The van der Waals surface area contributed by atoms with Gasteiger partial charge in [0.15, 0.2) is 0 Å². The van der Waals surface area contributed by atoms with E-state index in [-0.39, 0.29) is 0 Å². The Morgan fingerprint density at radius 3 is 3.06 bits per heavy atom. The van der Waals surface area contributed by atoms with E-state index in [9.17, 15) is 0 Å². The Labute approximate surface area is 108 Å². The normalized spacial score (nSPS) is 23.8. The van der Waals surface area contributed by atoms with Crippen LogP contribution in [0.25, 0.3) is 0 Å². The molecule has 94 valence electrons. The summed E-state index contributed by atoms with van der Waals surface area (Å²) in [6, 6.07) is 8.48. The van der Waals surface area contributed by atoms with Gasteiger partial charge in [0, 0.05) is 19.1 Å². The van der Waals surface area contributed by atoms with Gasteiger partial charge in [0.2, 0.25) is 0 Å². The molecule has 0 amide bonds. The van der Waals surface area contributed by atoms with Crippen LogP contribution < -0.4 is 5.32 Å². The fourth-order valence-electron chi connectivity index (χ4n) is 2.64. The van der Waals surface area contributed by atoms with E-state index in [1.165, 1.54) is 32.4 Å². The summed E-state index contributed by atoms with van der Waals surface area (Å²) < 4.78 is 0. The number of likely N-dealkylation sites (tertiary alicyclic amines) is 1. The van der Waals surface area contributed by atoms with Crippen LogP contribution in [0, 0.1) is 17.2 Å². The highest BCUT2D eigenvalue weighted by molar-refractivity contribution is 5.38. The summed E-state index contributed by atoms with van der Waals surface area (Å²) in [7, 11) is 0. The lowest BCUT2D eigenvalue weighted by atomic mass is 10.1. The average molecular weight is 242 g/mol. The molecule has 0 aromatic carbocycles. The molecule has 1 N–H and O–H groups in total. The first kappa shape index (κ1) is 11.5. The van der Waals surface area contributed by atoms with Crippen molar-refractivity contribution in [3.63, 3.8) is 0 Å². The molecule has 18 heavy (non-hydrogen) atoms. The maximum Gasteiger partial charge on any atom is 0.142 e. The molecular formula is C14H18N4. The fourth-order valence-corrected chi connectivity index (χ4v) is 2.64. The van der Waals surface area contributed by atoms with E-state index in [2.05, 4.69) is 21.3 Å². The highest BCUT2D eigenvalue weighted by Gasteiger charge is 2.34. The molecule has 1 aliphatic heterocycles. The van der Waals surface area contributed by atoms with Crippen molar-refractivity contribution in [1.82, 2.24) is 9.88 Å². The highest BCUT2D eigenvalue weighted by Crippen LogP contribution is 2.31.